The molecule has 0 aliphatic carbocycles. The van der Waals surface area contributed by atoms with Gasteiger partial charge in [-0.05, 0) is 22.8 Å². The largest absolute Gasteiger partial charge is 0.480 e. The average Bonchev–Trinajstić information content (AvgIpc) is 2.81. The molecule has 0 heterocycles. The summed E-state index contributed by atoms with van der Waals surface area (Å²) in [4.78, 5) is 24.1. The van der Waals surface area contributed by atoms with Crippen LogP contribution < -0.4 is 5.32 Å². The van der Waals surface area contributed by atoms with E-state index >= 15 is 0 Å². The SMILES string of the molecule is CCCCCCCCCCCCCCCC(=O)N[C@@H](Cc1cccc2ccccc12)C(=O)O. The Morgan fingerprint density at radius 1 is 0.758 bits per heavy atom. The molecule has 0 radical (unpaired) electrons. The van der Waals surface area contributed by atoms with Gasteiger partial charge in [0.15, 0.2) is 0 Å². The summed E-state index contributed by atoms with van der Waals surface area (Å²) in [6, 6.07) is 12.9. The summed E-state index contributed by atoms with van der Waals surface area (Å²) in [6.07, 6.45) is 17.1. The number of fused-ring (bicyclic) bond motifs is 1. The van der Waals surface area contributed by atoms with Gasteiger partial charge in [0.25, 0.3) is 0 Å². The molecule has 2 N–H and O–H groups in total. The first-order chi connectivity index (χ1) is 16.1. The Kier molecular flexibility index (Phi) is 13.3. The number of nitrogens with one attached hydrogen (secondary N) is 1. The zero-order valence-electron chi connectivity index (χ0n) is 20.5. The lowest BCUT2D eigenvalue weighted by molar-refractivity contribution is -0.141. The van der Waals surface area contributed by atoms with E-state index in [-0.39, 0.29) is 5.91 Å². The minimum atomic E-state index is -0.985. The van der Waals surface area contributed by atoms with Crippen molar-refractivity contribution in [2.75, 3.05) is 0 Å². The number of amides is 1. The van der Waals surface area contributed by atoms with E-state index in [9.17, 15) is 14.7 Å². The lowest BCUT2D eigenvalue weighted by atomic mass is 9.98. The van der Waals surface area contributed by atoms with Crippen LogP contribution in [0, 0.1) is 0 Å². The van der Waals surface area contributed by atoms with Crippen LogP contribution in [0.1, 0.15) is 102 Å². The fraction of sp³-hybridized carbons (Fsp3) is 0.586. The molecule has 4 heteroatoms. The van der Waals surface area contributed by atoms with Crippen molar-refractivity contribution >= 4 is 22.6 Å². The number of carboxylic acids is 1. The third-order valence-electron chi connectivity index (χ3n) is 6.44. The van der Waals surface area contributed by atoms with Gasteiger partial charge in [0.2, 0.25) is 5.91 Å². The molecule has 0 aromatic heterocycles. The molecular formula is C29H43NO3. The average molecular weight is 454 g/mol. The first kappa shape index (κ1) is 26.9. The van der Waals surface area contributed by atoms with Gasteiger partial charge in [-0.15, -0.1) is 0 Å². The lowest BCUT2D eigenvalue weighted by Gasteiger charge is -2.16. The first-order valence-corrected chi connectivity index (χ1v) is 13.1. The van der Waals surface area contributed by atoms with Crippen molar-refractivity contribution in [3.05, 3.63) is 48.0 Å². The summed E-state index contributed by atoms with van der Waals surface area (Å²) in [7, 11) is 0. The number of rotatable bonds is 18. The van der Waals surface area contributed by atoms with E-state index in [0.717, 1.165) is 35.6 Å². The van der Waals surface area contributed by atoms with Gasteiger partial charge in [0.1, 0.15) is 6.04 Å². The van der Waals surface area contributed by atoms with Crippen molar-refractivity contribution in [1.82, 2.24) is 5.32 Å². The van der Waals surface area contributed by atoms with E-state index in [1.54, 1.807) is 0 Å². The maximum atomic E-state index is 12.3. The number of hydrogen-bond donors (Lipinski definition) is 2. The summed E-state index contributed by atoms with van der Waals surface area (Å²) in [5.74, 6) is -1.15. The third kappa shape index (κ3) is 10.9. The van der Waals surface area contributed by atoms with Crippen LogP contribution in [0.25, 0.3) is 10.8 Å². The molecule has 1 amide bonds. The Labute approximate surface area is 200 Å². The fourth-order valence-electron chi connectivity index (χ4n) is 4.46. The van der Waals surface area contributed by atoms with Crippen molar-refractivity contribution in [1.29, 1.82) is 0 Å². The van der Waals surface area contributed by atoms with Crippen LogP contribution in [0.3, 0.4) is 0 Å². The van der Waals surface area contributed by atoms with Gasteiger partial charge in [-0.2, -0.15) is 0 Å². The van der Waals surface area contributed by atoms with Gasteiger partial charge in [-0.1, -0.05) is 126 Å². The van der Waals surface area contributed by atoms with Crippen molar-refractivity contribution < 1.29 is 14.7 Å². The zero-order chi connectivity index (χ0) is 23.7. The molecule has 4 nitrogen and oxygen atoms in total. The van der Waals surface area contributed by atoms with Crippen LogP contribution in [0.2, 0.25) is 0 Å². The summed E-state index contributed by atoms with van der Waals surface area (Å²) in [6.45, 7) is 2.26. The molecule has 0 spiro atoms. The van der Waals surface area contributed by atoms with E-state index < -0.39 is 12.0 Å². The topological polar surface area (TPSA) is 66.4 Å². The molecular weight excluding hydrogens is 410 g/mol. The van der Waals surface area contributed by atoms with Gasteiger partial charge in [-0.25, -0.2) is 4.79 Å². The third-order valence-corrected chi connectivity index (χ3v) is 6.44. The van der Waals surface area contributed by atoms with Crippen LogP contribution in [0.5, 0.6) is 0 Å². The zero-order valence-corrected chi connectivity index (χ0v) is 20.5. The molecule has 182 valence electrons. The smallest absolute Gasteiger partial charge is 0.326 e. The Bertz CT molecular complexity index is 827. The number of benzene rings is 2. The van der Waals surface area contributed by atoms with Gasteiger partial charge >= 0.3 is 5.97 Å². The fourth-order valence-corrected chi connectivity index (χ4v) is 4.46. The predicted octanol–water partition coefficient (Wildman–Crippen LogP) is 7.43. The summed E-state index contributed by atoms with van der Waals surface area (Å²) >= 11 is 0. The molecule has 0 bridgehead atoms. The number of aliphatic carboxylic acids is 1. The Hall–Kier alpha value is -2.36. The Morgan fingerprint density at radius 2 is 1.30 bits per heavy atom. The van der Waals surface area contributed by atoms with E-state index in [4.69, 9.17) is 0 Å². The van der Waals surface area contributed by atoms with Crippen molar-refractivity contribution in [2.24, 2.45) is 0 Å². The second-order valence-electron chi connectivity index (χ2n) is 9.29. The minimum absolute atomic E-state index is 0.161. The van der Waals surface area contributed by atoms with Crippen molar-refractivity contribution in [3.8, 4) is 0 Å². The normalized spacial score (nSPS) is 12.0. The monoisotopic (exact) mass is 453 g/mol. The molecule has 0 aliphatic heterocycles. The quantitative estimate of drug-likeness (QED) is 0.231. The number of hydrogen-bond acceptors (Lipinski definition) is 2. The first-order valence-electron chi connectivity index (χ1n) is 13.1. The van der Waals surface area contributed by atoms with E-state index in [0.29, 0.717) is 12.8 Å². The van der Waals surface area contributed by atoms with Gasteiger partial charge in [-0.3, -0.25) is 4.79 Å². The number of carbonyl (C=O) groups is 2. The van der Waals surface area contributed by atoms with E-state index in [1.165, 1.54) is 64.2 Å². The predicted molar refractivity (Wildman–Crippen MR) is 138 cm³/mol. The van der Waals surface area contributed by atoms with E-state index in [2.05, 4.69) is 12.2 Å². The van der Waals surface area contributed by atoms with Crippen LogP contribution in [-0.2, 0) is 16.0 Å². The van der Waals surface area contributed by atoms with Crippen LogP contribution >= 0.6 is 0 Å². The highest BCUT2D eigenvalue weighted by Gasteiger charge is 2.21. The maximum Gasteiger partial charge on any atom is 0.326 e. The van der Waals surface area contributed by atoms with Crippen LogP contribution in [0.15, 0.2) is 42.5 Å². The molecule has 2 aromatic carbocycles. The molecule has 0 unspecified atom stereocenters. The Morgan fingerprint density at radius 3 is 1.91 bits per heavy atom. The van der Waals surface area contributed by atoms with Crippen molar-refractivity contribution in [2.45, 2.75) is 109 Å². The second kappa shape index (κ2) is 16.3. The molecule has 0 aliphatic rings. The van der Waals surface area contributed by atoms with Crippen molar-refractivity contribution in [3.63, 3.8) is 0 Å². The van der Waals surface area contributed by atoms with Gasteiger partial charge in [0.05, 0.1) is 0 Å². The standard InChI is InChI=1S/C29H43NO3/c1-2-3-4-5-6-7-8-9-10-11-12-13-14-22-28(31)30-27(29(32)33)23-25-20-17-19-24-18-15-16-21-26(24)25/h15-21,27H,2-14,22-23H2,1H3,(H,30,31)(H,32,33)/t27-/m0/s1. The summed E-state index contributed by atoms with van der Waals surface area (Å²) < 4.78 is 0. The molecule has 0 saturated carbocycles. The minimum Gasteiger partial charge on any atom is -0.480 e. The van der Waals surface area contributed by atoms with Crippen LogP contribution in [-0.4, -0.2) is 23.0 Å². The van der Waals surface area contributed by atoms with Crippen LogP contribution in [0.4, 0.5) is 0 Å². The molecule has 0 fully saturated rings. The molecule has 2 rings (SSSR count). The van der Waals surface area contributed by atoms with E-state index in [1.807, 2.05) is 42.5 Å². The highest BCUT2D eigenvalue weighted by molar-refractivity contribution is 5.88. The lowest BCUT2D eigenvalue weighted by Crippen LogP contribution is -2.42. The number of unbranched alkanes of at least 4 members (excludes halogenated alkanes) is 12. The number of carbonyl (C=O) groups excluding carboxylic acids is 1. The highest BCUT2D eigenvalue weighted by atomic mass is 16.4. The summed E-state index contributed by atoms with van der Waals surface area (Å²) in [5, 5.41) is 14.5. The Balaban J connectivity index is 1.58. The molecule has 2 aromatic rings. The van der Waals surface area contributed by atoms with Gasteiger partial charge < -0.3 is 10.4 Å². The highest BCUT2D eigenvalue weighted by Crippen LogP contribution is 2.20. The van der Waals surface area contributed by atoms with Gasteiger partial charge in [0, 0.05) is 12.8 Å². The molecule has 0 saturated heterocycles. The second-order valence-corrected chi connectivity index (χ2v) is 9.29. The number of carboxylic acid groups (broad SMARTS) is 1. The molecule has 1 atom stereocenters. The maximum absolute atomic E-state index is 12.3. The summed E-state index contributed by atoms with van der Waals surface area (Å²) in [5.41, 5.74) is 0.946. The molecule has 33 heavy (non-hydrogen) atoms.